The first-order valence-corrected chi connectivity index (χ1v) is 5.11. The van der Waals surface area contributed by atoms with Crippen LogP contribution in [0.5, 0.6) is 0 Å². The van der Waals surface area contributed by atoms with Gasteiger partial charge in [0.25, 0.3) is 5.56 Å². The normalized spacial score (nSPS) is 14.5. The van der Waals surface area contributed by atoms with Crippen LogP contribution >= 0.6 is 0 Å². The fraction of sp³-hybridized carbons (Fsp3) is 0.500. The standard InChI is InChI=1S/C10H10F6N2O/c11-9(12,13)6(4-17)5-18-7(10(14,15)16)2-1-3-8(18)19/h1-3,6H,4-5,17H2. The first-order valence-electron chi connectivity index (χ1n) is 5.11. The van der Waals surface area contributed by atoms with E-state index in [1.165, 1.54) is 0 Å². The molecule has 0 bridgehead atoms. The second-order valence-corrected chi connectivity index (χ2v) is 3.83. The minimum absolute atomic E-state index is 0.0466. The van der Waals surface area contributed by atoms with Crippen molar-refractivity contribution in [3.63, 3.8) is 0 Å². The van der Waals surface area contributed by atoms with Gasteiger partial charge in [-0.05, 0) is 6.07 Å². The highest BCUT2D eigenvalue weighted by Gasteiger charge is 2.41. The van der Waals surface area contributed by atoms with E-state index in [1.54, 1.807) is 0 Å². The Morgan fingerprint density at radius 2 is 1.74 bits per heavy atom. The predicted molar refractivity (Wildman–Crippen MR) is 54.3 cm³/mol. The topological polar surface area (TPSA) is 48.0 Å². The molecule has 0 aromatic carbocycles. The van der Waals surface area contributed by atoms with Crippen molar-refractivity contribution in [1.29, 1.82) is 0 Å². The van der Waals surface area contributed by atoms with Crippen molar-refractivity contribution in [3.05, 3.63) is 34.2 Å². The van der Waals surface area contributed by atoms with E-state index in [-0.39, 0.29) is 4.57 Å². The van der Waals surface area contributed by atoms with Gasteiger partial charge in [-0.3, -0.25) is 4.79 Å². The van der Waals surface area contributed by atoms with Crippen LogP contribution in [-0.2, 0) is 12.7 Å². The van der Waals surface area contributed by atoms with Gasteiger partial charge in [-0.2, -0.15) is 26.3 Å². The van der Waals surface area contributed by atoms with Gasteiger partial charge < -0.3 is 10.3 Å². The lowest BCUT2D eigenvalue weighted by Gasteiger charge is -2.22. The van der Waals surface area contributed by atoms with Crippen LogP contribution in [0.1, 0.15) is 5.69 Å². The van der Waals surface area contributed by atoms with Crippen LogP contribution in [0.25, 0.3) is 0 Å². The summed E-state index contributed by atoms with van der Waals surface area (Å²) in [4.78, 5) is 11.3. The Morgan fingerprint density at radius 1 is 1.16 bits per heavy atom. The second kappa shape index (κ2) is 5.24. The number of hydrogen-bond acceptors (Lipinski definition) is 2. The van der Waals surface area contributed by atoms with E-state index in [4.69, 9.17) is 5.73 Å². The molecule has 3 nitrogen and oxygen atoms in total. The Hall–Kier alpha value is -1.51. The smallest absolute Gasteiger partial charge is 0.330 e. The van der Waals surface area contributed by atoms with E-state index < -0.39 is 42.6 Å². The van der Waals surface area contributed by atoms with Crippen molar-refractivity contribution in [2.45, 2.75) is 18.9 Å². The molecule has 0 amide bonds. The van der Waals surface area contributed by atoms with E-state index in [0.29, 0.717) is 6.07 Å². The molecule has 1 unspecified atom stereocenters. The number of halogens is 6. The highest BCUT2D eigenvalue weighted by Crippen LogP contribution is 2.31. The summed E-state index contributed by atoms with van der Waals surface area (Å²) in [5, 5.41) is 0. The largest absolute Gasteiger partial charge is 0.431 e. The lowest BCUT2D eigenvalue weighted by molar-refractivity contribution is -0.178. The molecule has 0 spiro atoms. The molecular formula is C10H10F6N2O. The maximum Gasteiger partial charge on any atom is 0.431 e. The molecule has 19 heavy (non-hydrogen) atoms. The number of alkyl halides is 6. The monoisotopic (exact) mass is 288 g/mol. The number of pyridine rings is 1. The van der Waals surface area contributed by atoms with Crippen LogP contribution < -0.4 is 11.3 Å². The third-order valence-electron chi connectivity index (χ3n) is 2.49. The van der Waals surface area contributed by atoms with Gasteiger partial charge in [0.15, 0.2) is 0 Å². The first kappa shape index (κ1) is 15.5. The van der Waals surface area contributed by atoms with Gasteiger partial charge in [-0.25, -0.2) is 0 Å². The Morgan fingerprint density at radius 3 is 2.16 bits per heavy atom. The van der Waals surface area contributed by atoms with E-state index in [9.17, 15) is 31.1 Å². The highest BCUT2D eigenvalue weighted by molar-refractivity contribution is 5.10. The molecule has 1 aromatic heterocycles. The maximum atomic E-state index is 12.6. The van der Waals surface area contributed by atoms with Crippen molar-refractivity contribution in [2.24, 2.45) is 11.7 Å². The Balaban J connectivity index is 3.24. The van der Waals surface area contributed by atoms with Crippen LogP contribution in [0.2, 0.25) is 0 Å². The number of nitrogens with zero attached hydrogens (tertiary/aromatic N) is 1. The van der Waals surface area contributed by atoms with Crippen molar-refractivity contribution < 1.29 is 26.3 Å². The molecule has 0 fully saturated rings. The summed E-state index contributed by atoms with van der Waals surface area (Å²) in [5.41, 5.74) is 2.32. The zero-order valence-electron chi connectivity index (χ0n) is 9.42. The third-order valence-corrected chi connectivity index (χ3v) is 2.49. The Bertz CT molecular complexity index is 490. The average Bonchev–Trinajstić information content (AvgIpc) is 2.24. The van der Waals surface area contributed by atoms with E-state index >= 15 is 0 Å². The summed E-state index contributed by atoms with van der Waals surface area (Å²) >= 11 is 0. The summed E-state index contributed by atoms with van der Waals surface area (Å²) in [5.74, 6) is -2.21. The number of aromatic nitrogens is 1. The summed E-state index contributed by atoms with van der Waals surface area (Å²) in [6.07, 6.45) is -9.68. The molecular weight excluding hydrogens is 278 g/mol. The SMILES string of the molecule is NCC(Cn1c(C(F)(F)F)cccc1=O)C(F)(F)F. The second-order valence-electron chi connectivity index (χ2n) is 3.83. The molecule has 1 rings (SSSR count). The van der Waals surface area contributed by atoms with Crippen LogP contribution in [-0.4, -0.2) is 17.3 Å². The van der Waals surface area contributed by atoms with Gasteiger partial charge in [0.2, 0.25) is 0 Å². The molecule has 0 aliphatic rings. The zero-order chi connectivity index (χ0) is 14.8. The molecule has 1 aromatic rings. The maximum absolute atomic E-state index is 12.6. The number of rotatable bonds is 3. The lowest BCUT2D eigenvalue weighted by Crippen LogP contribution is -2.38. The van der Waals surface area contributed by atoms with Crippen LogP contribution in [0.3, 0.4) is 0 Å². The van der Waals surface area contributed by atoms with Crippen molar-refractivity contribution in [1.82, 2.24) is 4.57 Å². The van der Waals surface area contributed by atoms with Gasteiger partial charge in [0, 0.05) is 19.2 Å². The van der Waals surface area contributed by atoms with Crippen molar-refractivity contribution in [3.8, 4) is 0 Å². The van der Waals surface area contributed by atoms with Gasteiger partial charge in [0.05, 0.1) is 5.92 Å². The fourth-order valence-electron chi connectivity index (χ4n) is 1.49. The predicted octanol–water partition coefficient (Wildman–Crippen LogP) is 2.00. The summed E-state index contributed by atoms with van der Waals surface area (Å²) in [6.45, 7) is -2.06. The number of hydrogen-bond donors (Lipinski definition) is 1. The zero-order valence-corrected chi connectivity index (χ0v) is 9.42. The van der Waals surface area contributed by atoms with Gasteiger partial charge in [-0.1, -0.05) is 6.07 Å². The molecule has 1 atom stereocenters. The molecule has 0 saturated heterocycles. The van der Waals surface area contributed by atoms with E-state index in [2.05, 4.69) is 0 Å². The molecule has 0 saturated carbocycles. The molecule has 108 valence electrons. The molecule has 9 heteroatoms. The van der Waals surface area contributed by atoms with Crippen molar-refractivity contribution in [2.75, 3.05) is 6.54 Å². The molecule has 0 aliphatic carbocycles. The van der Waals surface area contributed by atoms with Crippen molar-refractivity contribution >= 4 is 0 Å². The van der Waals surface area contributed by atoms with Gasteiger partial charge in [0.1, 0.15) is 5.69 Å². The molecule has 1 heterocycles. The lowest BCUT2D eigenvalue weighted by atomic mass is 10.1. The van der Waals surface area contributed by atoms with Crippen LogP contribution in [0, 0.1) is 5.92 Å². The quantitative estimate of drug-likeness (QED) is 0.865. The minimum Gasteiger partial charge on any atom is -0.330 e. The summed E-state index contributed by atoms with van der Waals surface area (Å²) < 4.78 is 75.3. The number of nitrogens with two attached hydrogens (primary N) is 1. The van der Waals surface area contributed by atoms with Crippen LogP contribution in [0.4, 0.5) is 26.3 Å². The highest BCUT2D eigenvalue weighted by atomic mass is 19.4. The Labute approximate surface area is 103 Å². The molecule has 0 radical (unpaired) electrons. The van der Waals surface area contributed by atoms with E-state index in [1.807, 2.05) is 0 Å². The van der Waals surface area contributed by atoms with Gasteiger partial charge in [-0.15, -0.1) is 0 Å². The van der Waals surface area contributed by atoms with E-state index in [0.717, 1.165) is 12.1 Å². The average molecular weight is 288 g/mol. The molecule has 0 aliphatic heterocycles. The first-order chi connectivity index (χ1) is 8.57. The minimum atomic E-state index is -4.91. The summed E-state index contributed by atoms with van der Waals surface area (Å²) in [7, 11) is 0. The Kier molecular flexibility index (Phi) is 4.28. The van der Waals surface area contributed by atoms with Crippen LogP contribution in [0.15, 0.2) is 23.0 Å². The van der Waals surface area contributed by atoms with Gasteiger partial charge >= 0.3 is 12.4 Å². The summed E-state index contributed by atoms with van der Waals surface area (Å²) in [6, 6.07) is 2.15. The third kappa shape index (κ3) is 3.72. The fourth-order valence-corrected chi connectivity index (χ4v) is 1.49. The molecule has 2 N–H and O–H groups in total.